The molecule has 11 heteroatoms. The maximum Gasteiger partial charge on any atom is 0.203 e. The molecule has 289 valence electrons. The predicted octanol–water partition coefficient (Wildman–Crippen LogP) is 12.2. The summed E-state index contributed by atoms with van der Waals surface area (Å²) in [6.45, 7) is 4.54. The minimum Gasteiger partial charge on any atom is -0.498 e. The van der Waals surface area contributed by atoms with Gasteiger partial charge in [-0.3, -0.25) is 9.97 Å². The van der Waals surface area contributed by atoms with Crippen molar-refractivity contribution < 1.29 is 46.0 Å². The van der Waals surface area contributed by atoms with E-state index in [1.807, 2.05) is 18.2 Å². The minimum absolute atomic E-state index is 0. The van der Waals surface area contributed by atoms with Gasteiger partial charge in [0, 0.05) is 51.1 Å². The van der Waals surface area contributed by atoms with Gasteiger partial charge in [0.15, 0.2) is 35.9 Å². The van der Waals surface area contributed by atoms with Crippen LogP contribution in [0.2, 0.25) is 0 Å². The summed E-state index contributed by atoms with van der Waals surface area (Å²) in [5, 5.41) is 1.46. The van der Waals surface area contributed by atoms with Crippen molar-refractivity contribution in [2.75, 3.05) is 0 Å². The quantitative estimate of drug-likeness (QED) is 0.155. The summed E-state index contributed by atoms with van der Waals surface area (Å²) in [5.74, 6) is 1.23. The van der Waals surface area contributed by atoms with Crippen LogP contribution >= 0.6 is 0 Å². The molecule has 0 aliphatic rings. The van der Waals surface area contributed by atoms with E-state index in [0.29, 0.717) is 67.1 Å². The fourth-order valence-electron chi connectivity index (χ4n) is 7.55. The zero-order valence-electron chi connectivity index (χ0n) is 37.5. The van der Waals surface area contributed by atoms with Crippen molar-refractivity contribution in [3.63, 3.8) is 0 Å². The van der Waals surface area contributed by atoms with Crippen LogP contribution in [0.1, 0.15) is 70.0 Å². The summed E-state index contributed by atoms with van der Waals surface area (Å²) in [4.78, 5) is 22.9. The van der Waals surface area contributed by atoms with E-state index in [1.165, 1.54) is 54.7 Å². The van der Waals surface area contributed by atoms with Crippen molar-refractivity contribution in [1.82, 2.24) is 29.5 Å². The van der Waals surface area contributed by atoms with Crippen molar-refractivity contribution in [3.8, 4) is 28.3 Å². The van der Waals surface area contributed by atoms with E-state index in [2.05, 4.69) is 88.6 Å². The number of oxazole rings is 3. The van der Waals surface area contributed by atoms with Gasteiger partial charge in [0.25, 0.3) is 0 Å². The molecule has 0 spiro atoms. The molecule has 0 N–H and O–H groups in total. The summed E-state index contributed by atoms with van der Waals surface area (Å²) < 4.78 is 70.0. The molecule has 0 atom stereocenters. The van der Waals surface area contributed by atoms with Crippen LogP contribution in [0, 0.1) is 25.8 Å². The average Bonchev–Trinajstić information content (AvgIpc) is 4.11. The molecule has 0 saturated carbocycles. The molecule has 6 heterocycles. The van der Waals surface area contributed by atoms with Crippen LogP contribution in [0.5, 0.6) is 0 Å². The number of imidazole rings is 1. The monoisotopic (exact) mass is 947 g/mol. The van der Waals surface area contributed by atoms with E-state index in [9.17, 15) is 0 Å². The fourth-order valence-corrected chi connectivity index (χ4v) is 7.55. The second kappa shape index (κ2) is 14.5. The molecule has 0 amide bonds. The molecule has 0 unspecified atom stereocenters. The fraction of sp³-hybridized carbons (Fsp3) is 0.170. The van der Waals surface area contributed by atoms with E-state index in [-0.39, 0.29) is 43.1 Å². The maximum atomic E-state index is 7.28. The minimum atomic E-state index is -2.18. The van der Waals surface area contributed by atoms with Crippen LogP contribution < -0.4 is 0 Å². The molecule has 6 aromatic heterocycles. The van der Waals surface area contributed by atoms with Gasteiger partial charge in [-0.15, -0.1) is 35.4 Å². The smallest absolute Gasteiger partial charge is 0.203 e. The van der Waals surface area contributed by atoms with Crippen LogP contribution in [0.4, 0.5) is 0 Å². The summed E-state index contributed by atoms with van der Waals surface area (Å²) >= 11 is 0. The third-order valence-corrected chi connectivity index (χ3v) is 10.2. The molecule has 0 bridgehead atoms. The molecule has 11 aromatic rings. The van der Waals surface area contributed by atoms with Gasteiger partial charge < -0.3 is 27.2 Å². The number of hydrogen-bond donors (Lipinski definition) is 0. The molecular formula is C47H36IrN6O4-2. The van der Waals surface area contributed by atoms with Crippen molar-refractivity contribution in [2.45, 2.75) is 53.2 Å². The molecular weight excluding hydrogens is 905 g/mol. The molecule has 0 aliphatic carbocycles. The predicted molar refractivity (Wildman–Crippen MR) is 221 cm³/mol. The molecule has 0 saturated heterocycles. The number of nitrogens with zero attached hydrogens (tertiary/aromatic N) is 6. The Hall–Kier alpha value is -6.42. The number of para-hydroxylation sites is 3. The Bertz CT molecular complexity index is 3430. The van der Waals surface area contributed by atoms with Crippen LogP contribution in [-0.2, 0) is 20.1 Å². The van der Waals surface area contributed by atoms with Gasteiger partial charge >= 0.3 is 0 Å². The first-order valence-electron chi connectivity index (χ1n) is 21.4. The molecule has 11 rings (SSSR count). The topological polar surface area (TPSA) is 122 Å². The Morgan fingerprint density at radius 2 is 1.36 bits per heavy atom. The van der Waals surface area contributed by atoms with E-state index in [1.54, 1.807) is 12.1 Å². The third kappa shape index (κ3) is 5.92. The maximum absolute atomic E-state index is 7.28. The number of benzene rings is 5. The SMILES string of the molecule is CC(C)c1cccc(C(C)C)c1-n1c(-c2[c-]c3ocnc3c3c2oc2c4ncoc4c4ocnc4c23)nc2ccccc21.[2H]C([2H])([2H])c1c[c-]c(-c2ccc(C([2H])([2H])[2H])cn2)cc1.[Ir]. The van der Waals surface area contributed by atoms with Gasteiger partial charge in [-0.25, -0.2) is 9.97 Å². The second-order valence-electron chi connectivity index (χ2n) is 14.4. The van der Waals surface area contributed by atoms with Crippen LogP contribution in [0.25, 0.3) is 94.6 Å². The van der Waals surface area contributed by atoms with Gasteiger partial charge in [-0.05, 0) is 58.6 Å². The number of furan rings is 1. The number of aryl methyl sites for hydroxylation is 2. The number of aromatic nitrogens is 6. The van der Waals surface area contributed by atoms with Crippen molar-refractivity contribution >= 4 is 66.3 Å². The number of pyridine rings is 1. The Morgan fingerprint density at radius 3 is 2.07 bits per heavy atom. The summed E-state index contributed by atoms with van der Waals surface area (Å²) in [6.07, 6.45) is 5.50. The van der Waals surface area contributed by atoms with E-state index in [0.717, 1.165) is 27.5 Å². The second-order valence-corrected chi connectivity index (χ2v) is 14.4. The number of hydrogen-bond acceptors (Lipinski definition) is 9. The van der Waals surface area contributed by atoms with Gasteiger partial charge in [-0.2, -0.15) is 0 Å². The van der Waals surface area contributed by atoms with Crippen molar-refractivity contribution in [1.29, 1.82) is 0 Å². The van der Waals surface area contributed by atoms with E-state index >= 15 is 0 Å². The van der Waals surface area contributed by atoms with Gasteiger partial charge in [0.2, 0.25) is 5.58 Å². The van der Waals surface area contributed by atoms with Crippen LogP contribution in [0.15, 0.2) is 116 Å². The first-order valence-corrected chi connectivity index (χ1v) is 18.4. The zero-order valence-corrected chi connectivity index (χ0v) is 33.9. The third-order valence-electron chi connectivity index (χ3n) is 10.2. The molecule has 1 radical (unpaired) electrons. The molecule has 0 aliphatic heterocycles. The van der Waals surface area contributed by atoms with Crippen LogP contribution in [-0.4, -0.2) is 29.5 Å². The summed E-state index contributed by atoms with van der Waals surface area (Å²) in [5.41, 5.74) is 11.9. The zero-order chi connectivity index (χ0) is 43.9. The number of rotatable bonds is 5. The standard InChI is InChI=1S/C34H24N5O4.C13H12N.Ir/c1-16(2)18-8-7-9-19(17(3)4)29(18)39-22-11-6-5-10-21(22)38-34(39)20-12-23-26(35-13-40-23)24-25-27-32(41-14-36-27)33-28(37-15-42-33)31(25)43-30(20)24;1-10-3-6-12(7-4-10)13-8-5-11(2)9-14-13;/h5-11,13-17H,1-4H3;3-6,8-9H,1-2H3;/q2*-1;/i;1D3,2D3;. The Kier molecular flexibility index (Phi) is 7.67. The van der Waals surface area contributed by atoms with Crippen LogP contribution in [0.3, 0.4) is 0 Å². The first-order chi connectivity index (χ1) is 30.2. The van der Waals surface area contributed by atoms with E-state index in [4.69, 9.17) is 30.9 Å². The van der Waals surface area contributed by atoms with Gasteiger partial charge in [0.1, 0.15) is 5.52 Å². The summed E-state index contributed by atoms with van der Waals surface area (Å²) in [6, 6.07) is 28.7. The number of fused-ring (bicyclic) bond motifs is 11. The molecule has 58 heavy (non-hydrogen) atoms. The van der Waals surface area contributed by atoms with Crippen molar-refractivity contribution in [2.24, 2.45) is 0 Å². The summed E-state index contributed by atoms with van der Waals surface area (Å²) in [7, 11) is 0. The van der Waals surface area contributed by atoms with E-state index < -0.39 is 13.7 Å². The Balaban J connectivity index is 0.000000209. The molecule has 0 fully saturated rings. The largest absolute Gasteiger partial charge is 0.498 e. The first kappa shape index (κ1) is 30.7. The Morgan fingerprint density at radius 1 is 0.672 bits per heavy atom. The molecule has 5 aromatic carbocycles. The normalized spacial score (nSPS) is 13.8. The molecule has 10 nitrogen and oxygen atoms in total. The van der Waals surface area contributed by atoms with Gasteiger partial charge in [-0.1, -0.05) is 88.6 Å². The average molecular weight is 947 g/mol. The van der Waals surface area contributed by atoms with Crippen molar-refractivity contribution in [3.05, 3.63) is 133 Å². The Labute approximate surface area is 354 Å². The van der Waals surface area contributed by atoms with Gasteiger partial charge in [0.05, 0.1) is 28.0 Å².